The standard InChI is InChI=1S/C24H32N4O/c1-3-25-24(27-18-22-10-6-5-9-19(22)2)26-17-20-11-13-21(14-12-20)23(29)28-15-7-4-8-16-28/h5-6,9-14H,3-4,7-8,15-18H2,1-2H3,(H2,25,26,27). The number of likely N-dealkylation sites (tertiary alicyclic amines) is 1. The van der Waals surface area contributed by atoms with E-state index in [2.05, 4.69) is 48.7 Å². The third kappa shape index (κ3) is 6.08. The van der Waals surface area contributed by atoms with Gasteiger partial charge in [-0.2, -0.15) is 0 Å². The van der Waals surface area contributed by atoms with Gasteiger partial charge in [0.25, 0.3) is 5.91 Å². The Kier molecular flexibility index (Phi) is 7.68. The van der Waals surface area contributed by atoms with Gasteiger partial charge in [0.2, 0.25) is 0 Å². The minimum absolute atomic E-state index is 0.146. The molecule has 1 fully saturated rings. The van der Waals surface area contributed by atoms with E-state index in [0.29, 0.717) is 6.54 Å². The molecule has 5 heteroatoms. The average molecular weight is 393 g/mol. The van der Waals surface area contributed by atoms with E-state index in [0.717, 1.165) is 56.1 Å². The van der Waals surface area contributed by atoms with Crippen molar-refractivity contribution in [1.29, 1.82) is 0 Å². The Hall–Kier alpha value is -2.82. The van der Waals surface area contributed by atoms with Crippen molar-refractivity contribution in [1.82, 2.24) is 15.5 Å². The van der Waals surface area contributed by atoms with Crippen molar-refractivity contribution >= 4 is 11.9 Å². The van der Waals surface area contributed by atoms with Crippen LogP contribution in [0, 0.1) is 6.92 Å². The molecule has 0 aromatic heterocycles. The highest BCUT2D eigenvalue weighted by molar-refractivity contribution is 5.94. The van der Waals surface area contributed by atoms with Gasteiger partial charge in [-0.1, -0.05) is 36.4 Å². The average Bonchev–Trinajstić information content (AvgIpc) is 2.77. The third-order valence-electron chi connectivity index (χ3n) is 5.32. The van der Waals surface area contributed by atoms with Crippen LogP contribution in [-0.2, 0) is 13.1 Å². The molecule has 0 spiro atoms. The highest BCUT2D eigenvalue weighted by Crippen LogP contribution is 2.14. The van der Waals surface area contributed by atoms with Gasteiger partial charge in [-0.25, -0.2) is 4.99 Å². The molecule has 1 saturated heterocycles. The SMILES string of the molecule is CCNC(=NCc1ccc(C(=O)N2CCCCC2)cc1)NCc1ccccc1C. The first-order valence-electron chi connectivity index (χ1n) is 10.6. The predicted molar refractivity (Wildman–Crippen MR) is 119 cm³/mol. The first-order chi connectivity index (χ1) is 14.2. The Morgan fingerprint density at radius 1 is 1.00 bits per heavy atom. The molecule has 1 aliphatic heterocycles. The molecule has 0 unspecified atom stereocenters. The molecule has 0 aliphatic carbocycles. The molecule has 1 heterocycles. The summed E-state index contributed by atoms with van der Waals surface area (Å²) in [4.78, 5) is 19.2. The summed E-state index contributed by atoms with van der Waals surface area (Å²) in [7, 11) is 0. The van der Waals surface area contributed by atoms with Crippen molar-refractivity contribution < 1.29 is 4.79 Å². The Balaban J connectivity index is 1.58. The van der Waals surface area contributed by atoms with Crippen LogP contribution in [0.25, 0.3) is 0 Å². The maximum Gasteiger partial charge on any atom is 0.253 e. The monoisotopic (exact) mass is 392 g/mol. The lowest BCUT2D eigenvalue weighted by Gasteiger charge is -2.26. The number of nitrogens with zero attached hydrogens (tertiary/aromatic N) is 2. The Labute approximate surface area is 174 Å². The maximum absolute atomic E-state index is 12.6. The van der Waals surface area contributed by atoms with E-state index in [-0.39, 0.29) is 5.91 Å². The van der Waals surface area contributed by atoms with Gasteiger partial charge >= 0.3 is 0 Å². The molecule has 0 radical (unpaired) electrons. The number of rotatable bonds is 6. The summed E-state index contributed by atoms with van der Waals surface area (Å²) in [5, 5.41) is 6.69. The van der Waals surface area contributed by atoms with Gasteiger partial charge in [0.1, 0.15) is 0 Å². The quantitative estimate of drug-likeness (QED) is 0.579. The number of guanidine groups is 1. The topological polar surface area (TPSA) is 56.7 Å². The molecule has 1 amide bonds. The van der Waals surface area contributed by atoms with Gasteiger partial charge in [0.15, 0.2) is 5.96 Å². The zero-order chi connectivity index (χ0) is 20.5. The van der Waals surface area contributed by atoms with E-state index in [1.165, 1.54) is 17.5 Å². The molecule has 3 rings (SSSR count). The van der Waals surface area contributed by atoms with Crippen LogP contribution >= 0.6 is 0 Å². The largest absolute Gasteiger partial charge is 0.357 e. The number of aliphatic imine (C=N–C) groups is 1. The number of hydrogen-bond acceptors (Lipinski definition) is 2. The number of amides is 1. The van der Waals surface area contributed by atoms with Crippen molar-refractivity contribution in [2.75, 3.05) is 19.6 Å². The molecular weight excluding hydrogens is 360 g/mol. The predicted octanol–water partition coefficient (Wildman–Crippen LogP) is 3.88. The smallest absolute Gasteiger partial charge is 0.253 e. The highest BCUT2D eigenvalue weighted by Gasteiger charge is 2.17. The second kappa shape index (κ2) is 10.6. The molecule has 0 bridgehead atoms. The lowest BCUT2D eigenvalue weighted by molar-refractivity contribution is 0.0724. The fraction of sp³-hybridized carbons (Fsp3) is 0.417. The molecule has 2 aromatic rings. The summed E-state index contributed by atoms with van der Waals surface area (Å²) in [6.07, 6.45) is 3.45. The van der Waals surface area contributed by atoms with Crippen LogP contribution in [0.2, 0.25) is 0 Å². The Bertz CT molecular complexity index is 823. The number of benzene rings is 2. The van der Waals surface area contributed by atoms with E-state index < -0.39 is 0 Å². The molecule has 5 nitrogen and oxygen atoms in total. The van der Waals surface area contributed by atoms with Gasteiger partial charge in [-0.15, -0.1) is 0 Å². The maximum atomic E-state index is 12.6. The minimum Gasteiger partial charge on any atom is -0.357 e. The van der Waals surface area contributed by atoms with Crippen molar-refractivity contribution in [2.45, 2.75) is 46.2 Å². The van der Waals surface area contributed by atoms with Gasteiger partial charge in [0.05, 0.1) is 6.54 Å². The van der Waals surface area contributed by atoms with Crippen molar-refractivity contribution in [2.24, 2.45) is 4.99 Å². The number of carbonyl (C=O) groups is 1. The third-order valence-corrected chi connectivity index (χ3v) is 5.32. The fourth-order valence-corrected chi connectivity index (χ4v) is 3.53. The van der Waals surface area contributed by atoms with Gasteiger partial charge in [0, 0.05) is 31.7 Å². The fourth-order valence-electron chi connectivity index (χ4n) is 3.53. The highest BCUT2D eigenvalue weighted by atomic mass is 16.2. The summed E-state index contributed by atoms with van der Waals surface area (Å²) < 4.78 is 0. The second-order valence-corrected chi connectivity index (χ2v) is 7.52. The van der Waals surface area contributed by atoms with Crippen molar-refractivity contribution in [3.05, 3.63) is 70.8 Å². The number of hydrogen-bond donors (Lipinski definition) is 2. The minimum atomic E-state index is 0.146. The van der Waals surface area contributed by atoms with Crippen LogP contribution in [0.5, 0.6) is 0 Å². The van der Waals surface area contributed by atoms with Crippen molar-refractivity contribution in [3.63, 3.8) is 0 Å². The molecule has 1 aliphatic rings. The van der Waals surface area contributed by atoms with E-state index in [1.807, 2.05) is 29.2 Å². The zero-order valence-electron chi connectivity index (χ0n) is 17.6. The Morgan fingerprint density at radius 3 is 2.41 bits per heavy atom. The van der Waals surface area contributed by atoms with Crippen LogP contribution in [0.4, 0.5) is 0 Å². The molecule has 2 aromatic carbocycles. The van der Waals surface area contributed by atoms with E-state index in [4.69, 9.17) is 4.99 Å². The Morgan fingerprint density at radius 2 is 1.72 bits per heavy atom. The van der Waals surface area contributed by atoms with Gasteiger partial charge < -0.3 is 15.5 Å². The number of carbonyl (C=O) groups excluding carboxylic acids is 1. The number of nitrogens with one attached hydrogen (secondary N) is 2. The first kappa shape index (κ1) is 20.9. The van der Waals surface area contributed by atoms with Crippen LogP contribution in [0.3, 0.4) is 0 Å². The van der Waals surface area contributed by atoms with Crippen LogP contribution in [0.1, 0.15) is 53.2 Å². The normalized spacial score (nSPS) is 14.6. The molecule has 154 valence electrons. The summed E-state index contributed by atoms with van der Waals surface area (Å²) in [6, 6.07) is 16.2. The summed E-state index contributed by atoms with van der Waals surface area (Å²) in [5.74, 6) is 0.942. The zero-order valence-corrected chi connectivity index (χ0v) is 17.6. The lowest BCUT2D eigenvalue weighted by Crippen LogP contribution is -2.37. The molecule has 29 heavy (non-hydrogen) atoms. The number of aryl methyl sites for hydroxylation is 1. The molecule has 2 N–H and O–H groups in total. The van der Waals surface area contributed by atoms with E-state index in [9.17, 15) is 4.79 Å². The van der Waals surface area contributed by atoms with Gasteiger partial charge in [-0.05, 0) is 61.9 Å². The lowest BCUT2D eigenvalue weighted by atomic mass is 10.1. The molecular formula is C24H32N4O. The number of piperidine rings is 1. The van der Waals surface area contributed by atoms with Crippen molar-refractivity contribution in [3.8, 4) is 0 Å². The van der Waals surface area contributed by atoms with E-state index >= 15 is 0 Å². The first-order valence-corrected chi connectivity index (χ1v) is 10.6. The second-order valence-electron chi connectivity index (χ2n) is 7.52. The molecule has 0 atom stereocenters. The van der Waals surface area contributed by atoms with Crippen LogP contribution in [-0.4, -0.2) is 36.4 Å². The summed E-state index contributed by atoms with van der Waals surface area (Å²) in [5.41, 5.74) is 4.39. The van der Waals surface area contributed by atoms with Gasteiger partial charge in [-0.3, -0.25) is 4.79 Å². The summed E-state index contributed by atoms with van der Waals surface area (Å²) in [6.45, 7) is 8.05. The van der Waals surface area contributed by atoms with E-state index in [1.54, 1.807) is 0 Å². The van der Waals surface area contributed by atoms with Crippen LogP contribution < -0.4 is 10.6 Å². The van der Waals surface area contributed by atoms with Crippen LogP contribution in [0.15, 0.2) is 53.5 Å². The summed E-state index contributed by atoms with van der Waals surface area (Å²) >= 11 is 0. The molecule has 0 saturated carbocycles.